The molecule has 1 amide bonds. The van der Waals surface area contributed by atoms with Gasteiger partial charge in [-0.15, -0.1) is 0 Å². The lowest BCUT2D eigenvalue weighted by Crippen LogP contribution is -2.30. The molecule has 0 radical (unpaired) electrons. The number of likely N-dealkylation sites (N-methyl/N-ethyl adjacent to an activating group) is 1. The summed E-state index contributed by atoms with van der Waals surface area (Å²) in [5, 5.41) is 1.13. The Hall–Kier alpha value is -1.55. The van der Waals surface area contributed by atoms with E-state index in [9.17, 15) is 4.79 Å². The van der Waals surface area contributed by atoms with Crippen LogP contribution >= 0.6 is 0 Å². The second-order valence-electron chi connectivity index (χ2n) is 3.18. The van der Waals surface area contributed by atoms with Crippen molar-refractivity contribution in [1.82, 2.24) is 5.06 Å². The third-order valence-corrected chi connectivity index (χ3v) is 1.98. The molecule has 0 fully saturated rings. The molecular weight excluding hydrogens is 194 g/mol. The summed E-state index contributed by atoms with van der Waals surface area (Å²) < 4.78 is 5.30. The van der Waals surface area contributed by atoms with Gasteiger partial charge in [-0.1, -0.05) is 12.1 Å². The maximum atomic E-state index is 11.3. The number of aryl methyl sites for hydroxylation is 1. The van der Waals surface area contributed by atoms with Gasteiger partial charge in [-0.05, 0) is 24.6 Å². The number of carbonyl (C=O) groups excluding carboxylic acids is 1. The molecule has 1 aromatic rings. The summed E-state index contributed by atoms with van der Waals surface area (Å²) in [5.74, 6) is 0.465. The molecule has 82 valence electrons. The lowest BCUT2D eigenvalue weighted by molar-refractivity contribution is -0.170. The van der Waals surface area contributed by atoms with Crippen LogP contribution in [0.15, 0.2) is 24.3 Å². The quantitative estimate of drug-likeness (QED) is 0.703. The fourth-order valence-electron chi connectivity index (χ4n) is 1.04. The molecule has 0 N–H and O–H groups in total. The minimum absolute atomic E-state index is 0.0200. The molecule has 0 heterocycles. The zero-order chi connectivity index (χ0) is 11.3. The number of amides is 1. The van der Waals surface area contributed by atoms with Crippen LogP contribution in [-0.4, -0.2) is 31.7 Å². The Morgan fingerprint density at radius 2 is 2.20 bits per heavy atom. The van der Waals surface area contributed by atoms with E-state index in [2.05, 4.69) is 0 Å². The Kier molecular flexibility index (Phi) is 4.12. The van der Waals surface area contributed by atoms with Crippen molar-refractivity contribution in [2.45, 2.75) is 6.92 Å². The Labute approximate surface area is 89.4 Å². The van der Waals surface area contributed by atoms with Gasteiger partial charge in [0.2, 0.25) is 0 Å². The van der Waals surface area contributed by atoms with Gasteiger partial charge in [0.15, 0.2) is 6.61 Å². The maximum Gasteiger partial charge on any atom is 0.283 e. The molecule has 0 aliphatic rings. The van der Waals surface area contributed by atoms with Crippen molar-refractivity contribution in [3.63, 3.8) is 0 Å². The van der Waals surface area contributed by atoms with Gasteiger partial charge in [-0.3, -0.25) is 9.63 Å². The highest BCUT2D eigenvalue weighted by Gasteiger charge is 2.08. The predicted molar refractivity (Wildman–Crippen MR) is 56.5 cm³/mol. The van der Waals surface area contributed by atoms with Crippen LogP contribution in [0, 0.1) is 6.92 Å². The monoisotopic (exact) mass is 209 g/mol. The van der Waals surface area contributed by atoms with Gasteiger partial charge in [0, 0.05) is 7.05 Å². The van der Waals surface area contributed by atoms with Gasteiger partial charge in [-0.2, -0.15) is 0 Å². The second kappa shape index (κ2) is 5.36. The normalized spacial score (nSPS) is 9.80. The standard InChI is InChI=1S/C11H15NO3/c1-9-5-4-6-10(7-9)15-8-11(13)12(2)14-3/h4-7H,8H2,1-3H3. The lowest BCUT2D eigenvalue weighted by atomic mass is 10.2. The fourth-order valence-corrected chi connectivity index (χ4v) is 1.04. The van der Waals surface area contributed by atoms with Crippen molar-refractivity contribution >= 4 is 5.91 Å². The average Bonchev–Trinajstić information content (AvgIpc) is 2.25. The number of hydroxylamine groups is 2. The third-order valence-electron chi connectivity index (χ3n) is 1.98. The highest BCUT2D eigenvalue weighted by Crippen LogP contribution is 2.12. The number of benzene rings is 1. The molecule has 0 saturated carbocycles. The molecule has 4 heteroatoms. The van der Waals surface area contributed by atoms with Gasteiger partial charge in [0.05, 0.1) is 7.11 Å². The van der Waals surface area contributed by atoms with Gasteiger partial charge in [0.1, 0.15) is 5.75 Å². The maximum absolute atomic E-state index is 11.3. The number of carbonyl (C=O) groups is 1. The van der Waals surface area contributed by atoms with Crippen molar-refractivity contribution in [1.29, 1.82) is 0 Å². The molecule has 1 rings (SSSR count). The van der Waals surface area contributed by atoms with Crippen molar-refractivity contribution in [3.8, 4) is 5.75 Å². The molecule has 0 unspecified atom stereocenters. The summed E-state index contributed by atoms with van der Waals surface area (Å²) in [5.41, 5.74) is 1.10. The summed E-state index contributed by atoms with van der Waals surface area (Å²) in [4.78, 5) is 16.0. The van der Waals surface area contributed by atoms with E-state index in [-0.39, 0.29) is 12.5 Å². The topological polar surface area (TPSA) is 38.8 Å². The Balaban J connectivity index is 2.47. The summed E-state index contributed by atoms with van der Waals surface area (Å²) in [6, 6.07) is 7.54. The first kappa shape index (κ1) is 11.5. The van der Waals surface area contributed by atoms with E-state index in [1.165, 1.54) is 7.11 Å². The minimum atomic E-state index is -0.223. The molecule has 0 atom stereocenters. The summed E-state index contributed by atoms with van der Waals surface area (Å²) in [6.45, 7) is 1.95. The molecule has 15 heavy (non-hydrogen) atoms. The van der Waals surface area contributed by atoms with Crippen molar-refractivity contribution < 1.29 is 14.4 Å². The number of hydrogen-bond acceptors (Lipinski definition) is 3. The van der Waals surface area contributed by atoms with Crippen LogP contribution < -0.4 is 4.74 Å². The summed E-state index contributed by atoms with van der Waals surface area (Å²) in [7, 11) is 2.98. The van der Waals surface area contributed by atoms with Crippen LogP contribution in [-0.2, 0) is 9.63 Å². The van der Waals surface area contributed by atoms with Crippen LogP contribution in [0.4, 0.5) is 0 Å². The predicted octanol–water partition coefficient (Wildman–Crippen LogP) is 1.39. The zero-order valence-electron chi connectivity index (χ0n) is 9.19. The van der Waals surface area contributed by atoms with Crippen LogP contribution in [0.2, 0.25) is 0 Å². The van der Waals surface area contributed by atoms with E-state index in [4.69, 9.17) is 9.57 Å². The minimum Gasteiger partial charge on any atom is -0.484 e. The smallest absolute Gasteiger partial charge is 0.283 e. The molecule has 0 bridgehead atoms. The van der Waals surface area contributed by atoms with E-state index in [0.717, 1.165) is 10.6 Å². The van der Waals surface area contributed by atoms with Crippen LogP contribution in [0.5, 0.6) is 5.75 Å². The number of rotatable bonds is 4. The molecule has 0 aliphatic carbocycles. The molecular formula is C11H15NO3. The Morgan fingerprint density at radius 1 is 1.47 bits per heavy atom. The van der Waals surface area contributed by atoms with E-state index < -0.39 is 0 Å². The molecule has 0 aromatic heterocycles. The summed E-state index contributed by atoms with van der Waals surface area (Å²) in [6.07, 6.45) is 0. The van der Waals surface area contributed by atoms with E-state index >= 15 is 0 Å². The van der Waals surface area contributed by atoms with E-state index in [0.29, 0.717) is 5.75 Å². The SMILES string of the molecule is CON(C)C(=O)COc1cccc(C)c1. The largest absolute Gasteiger partial charge is 0.484 e. The zero-order valence-corrected chi connectivity index (χ0v) is 9.19. The fraction of sp³-hybridized carbons (Fsp3) is 0.364. The van der Waals surface area contributed by atoms with Crippen molar-refractivity contribution in [2.24, 2.45) is 0 Å². The molecule has 0 saturated heterocycles. The highest BCUT2D eigenvalue weighted by atomic mass is 16.7. The van der Waals surface area contributed by atoms with Crippen LogP contribution in [0.25, 0.3) is 0 Å². The number of hydrogen-bond donors (Lipinski definition) is 0. The Morgan fingerprint density at radius 3 is 2.80 bits per heavy atom. The molecule has 0 spiro atoms. The van der Waals surface area contributed by atoms with Gasteiger partial charge >= 0.3 is 0 Å². The first-order chi connectivity index (χ1) is 7.13. The average molecular weight is 209 g/mol. The number of nitrogens with zero attached hydrogens (tertiary/aromatic N) is 1. The van der Waals surface area contributed by atoms with E-state index in [1.807, 2.05) is 31.2 Å². The third kappa shape index (κ3) is 3.59. The van der Waals surface area contributed by atoms with Gasteiger partial charge in [-0.25, -0.2) is 5.06 Å². The summed E-state index contributed by atoms with van der Waals surface area (Å²) >= 11 is 0. The number of ether oxygens (including phenoxy) is 1. The molecule has 4 nitrogen and oxygen atoms in total. The first-order valence-electron chi connectivity index (χ1n) is 4.63. The van der Waals surface area contributed by atoms with Gasteiger partial charge in [0.25, 0.3) is 5.91 Å². The van der Waals surface area contributed by atoms with Crippen molar-refractivity contribution in [3.05, 3.63) is 29.8 Å². The second-order valence-corrected chi connectivity index (χ2v) is 3.18. The molecule has 1 aromatic carbocycles. The Bertz CT molecular complexity index is 338. The van der Waals surface area contributed by atoms with Crippen molar-refractivity contribution in [2.75, 3.05) is 20.8 Å². The van der Waals surface area contributed by atoms with Crippen LogP contribution in [0.1, 0.15) is 5.56 Å². The van der Waals surface area contributed by atoms with Crippen LogP contribution in [0.3, 0.4) is 0 Å². The molecule has 0 aliphatic heterocycles. The first-order valence-corrected chi connectivity index (χ1v) is 4.63. The van der Waals surface area contributed by atoms with Gasteiger partial charge < -0.3 is 4.74 Å². The lowest BCUT2D eigenvalue weighted by Gasteiger charge is -2.14. The van der Waals surface area contributed by atoms with E-state index in [1.54, 1.807) is 7.05 Å². The highest BCUT2D eigenvalue weighted by molar-refractivity contribution is 5.76.